The van der Waals surface area contributed by atoms with E-state index in [1.807, 2.05) is 19.9 Å². The summed E-state index contributed by atoms with van der Waals surface area (Å²) in [6, 6.07) is 10.4. The van der Waals surface area contributed by atoms with Crippen molar-refractivity contribution in [1.29, 1.82) is 0 Å². The van der Waals surface area contributed by atoms with Crippen molar-refractivity contribution in [2.24, 2.45) is 4.99 Å². The Labute approximate surface area is 164 Å². The Bertz CT molecular complexity index is 465. The minimum atomic E-state index is -0.240. The quantitative estimate of drug-likeness (QED) is 0.264. The van der Waals surface area contributed by atoms with Gasteiger partial charge in [-0.25, -0.2) is 0 Å². The number of hydrogen-bond donors (Lipinski definition) is 2. The first-order valence-electron chi connectivity index (χ1n) is 8.32. The highest BCUT2D eigenvalue weighted by molar-refractivity contribution is 14.0. The van der Waals surface area contributed by atoms with Crippen molar-refractivity contribution in [2.45, 2.75) is 32.8 Å². The van der Waals surface area contributed by atoms with Gasteiger partial charge in [0.2, 0.25) is 0 Å². The summed E-state index contributed by atoms with van der Waals surface area (Å²) in [6.45, 7) is 9.51. The molecule has 0 aliphatic heterocycles. The lowest BCUT2D eigenvalue weighted by atomic mass is 10.1. The first-order valence-corrected chi connectivity index (χ1v) is 8.32. The van der Waals surface area contributed by atoms with E-state index in [-0.39, 0.29) is 29.6 Å². The molecule has 0 heterocycles. The third-order valence-corrected chi connectivity index (χ3v) is 3.67. The van der Waals surface area contributed by atoms with Crippen LogP contribution in [0.2, 0.25) is 0 Å². The van der Waals surface area contributed by atoms with Crippen molar-refractivity contribution in [3.8, 4) is 0 Å². The van der Waals surface area contributed by atoms with Crippen LogP contribution in [0, 0.1) is 0 Å². The Kier molecular flexibility index (Phi) is 11.8. The largest absolute Gasteiger partial charge is 0.377 e. The van der Waals surface area contributed by atoms with E-state index in [4.69, 9.17) is 4.74 Å². The minimum Gasteiger partial charge on any atom is -0.377 e. The average molecular weight is 448 g/mol. The number of nitrogens with one attached hydrogen (secondary N) is 2. The topological polar surface area (TPSA) is 48.9 Å². The van der Waals surface area contributed by atoms with Gasteiger partial charge < -0.3 is 20.3 Å². The molecular weight excluding hydrogens is 415 g/mol. The monoisotopic (exact) mass is 448 g/mol. The van der Waals surface area contributed by atoms with Gasteiger partial charge in [0, 0.05) is 39.5 Å². The molecule has 0 bridgehead atoms. The summed E-state index contributed by atoms with van der Waals surface area (Å²) in [6.07, 6.45) is 1.05. The Hall–Kier alpha value is -1.02. The zero-order chi connectivity index (χ0) is 17.1. The normalized spacial score (nSPS) is 11.6. The van der Waals surface area contributed by atoms with Gasteiger partial charge >= 0.3 is 0 Å². The van der Waals surface area contributed by atoms with Gasteiger partial charge in [0.25, 0.3) is 0 Å². The predicted octanol–water partition coefficient (Wildman–Crippen LogP) is 3.11. The van der Waals surface area contributed by atoms with Crippen LogP contribution in [0.3, 0.4) is 0 Å². The molecule has 1 aromatic rings. The van der Waals surface area contributed by atoms with E-state index < -0.39 is 0 Å². The first-order chi connectivity index (χ1) is 11.0. The Morgan fingerprint density at radius 3 is 2.46 bits per heavy atom. The second-order valence-electron chi connectivity index (χ2n) is 6.20. The summed E-state index contributed by atoms with van der Waals surface area (Å²) in [5.74, 6) is 0.847. The molecule has 0 aliphatic rings. The van der Waals surface area contributed by atoms with Gasteiger partial charge in [0.05, 0.1) is 12.1 Å². The second-order valence-corrected chi connectivity index (χ2v) is 6.20. The van der Waals surface area contributed by atoms with Gasteiger partial charge in [-0.2, -0.15) is 0 Å². The number of ether oxygens (including phenoxy) is 1. The molecule has 0 unspecified atom stereocenters. The summed E-state index contributed by atoms with van der Waals surface area (Å²) in [7, 11) is 3.84. The highest BCUT2D eigenvalue weighted by Crippen LogP contribution is 2.10. The third kappa shape index (κ3) is 9.32. The number of aliphatic imine (C=N–C) groups is 1. The zero-order valence-electron chi connectivity index (χ0n) is 15.6. The summed E-state index contributed by atoms with van der Waals surface area (Å²) in [4.78, 5) is 6.85. The van der Waals surface area contributed by atoms with Crippen LogP contribution in [-0.2, 0) is 4.74 Å². The number of anilines is 1. The molecule has 0 amide bonds. The molecule has 0 aliphatic carbocycles. The molecule has 0 saturated carbocycles. The van der Waals surface area contributed by atoms with E-state index in [0.717, 1.165) is 32.0 Å². The van der Waals surface area contributed by atoms with Gasteiger partial charge in [-0.3, -0.25) is 4.99 Å². The molecule has 0 spiro atoms. The van der Waals surface area contributed by atoms with Gasteiger partial charge in [0.15, 0.2) is 5.96 Å². The minimum absolute atomic E-state index is 0. The number of guanidine groups is 1. The van der Waals surface area contributed by atoms with Gasteiger partial charge in [-0.05, 0) is 39.3 Å². The zero-order valence-corrected chi connectivity index (χ0v) is 18.0. The number of halogens is 1. The number of methoxy groups -OCH3 is 1. The van der Waals surface area contributed by atoms with E-state index in [1.54, 1.807) is 7.11 Å². The molecule has 0 fully saturated rings. The van der Waals surface area contributed by atoms with Crippen molar-refractivity contribution in [2.75, 3.05) is 45.2 Å². The fourth-order valence-electron chi connectivity index (χ4n) is 2.01. The lowest BCUT2D eigenvalue weighted by Crippen LogP contribution is -2.40. The van der Waals surface area contributed by atoms with Crippen LogP contribution < -0.4 is 15.5 Å². The SMILES string of the molecule is CCNC(=NCC(C)(C)OC)NCCCN(C)c1ccccc1.I. The van der Waals surface area contributed by atoms with E-state index in [9.17, 15) is 0 Å². The van der Waals surface area contributed by atoms with Crippen LogP contribution in [0.4, 0.5) is 5.69 Å². The van der Waals surface area contributed by atoms with Crippen LogP contribution in [0.5, 0.6) is 0 Å². The molecule has 0 radical (unpaired) electrons. The van der Waals surface area contributed by atoms with Crippen molar-refractivity contribution in [3.05, 3.63) is 30.3 Å². The third-order valence-electron chi connectivity index (χ3n) is 3.67. The summed E-state index contributed by atoms with van der Waals surface area (Å²) < 4.78 is 5.40. The molecule has 1 aromatic carbocycles. The maximum absolute atomic E-state index is 5.40. The van der Waals surface area contributed by atoms with Crippen molar-refractivity contribution >= 4 is 35.6 Å². The van der Waals surface area contributed by atoms with Crippen LogP contribution in [0.15, 0.2) is 35.3 Å². The number of benzene rings is 1. The Morgan fingerprint density at radius 2 is 1.88 bits per heavy atom. The van der Waals surface area contributed by atoms with E-state index >= 15 is 0 Å². The molecule has 1 rings (SSSR count). The summed E-state index contributed by atoms with van der Waals surface area (Å²) in [5, 5.41) is 6.65. The maximum Gasteiger partial charge on any atom is 0.191 e. The summed E-state index contributed by atoms with van der Waals surface area (Å²) in [5.41, 5.74) is 1.01. The lowest BCUT2D eigenvalue weighted by molar-refractivity contribution is 0.0310. The van der Waals surface area contributed by atoms with E-state index in [1.165, 1.54) is 5.69 Å². The lowest BCUT2D eigenvalue weighted by Gasteiger charge is -2.22. The molecule has 24 heavy (non-hydrogen) atoms. The predicted molar refractivity (Wildman–Crippen MR) is 115 cm³/mol. The molecule has 2 N–H and O–H groups in total. The van der Waals surface area contributed by atoms with Gasteiger partial charge in [-0.1, -0.05) is 18.2 Å². The standard InChI is InChI=1S/C18H32N4O.HI/c1-6-19-17(21-15-18(2,3)23-5)20-13-10-14-22(4)16-11-8-7-9-12-16;/h7-9,11-12H,6,10,13-15H2,1-5H3,(H2,19,20,21);1H. The van der Waals surface area contributed by atoms with Gasteiger partial charge in [-0.15, -0.1) is 24.0 Å². The number of hydrogen-bond acceptors (Lipinski definition) is 3. The van der Waals surface area contributed by atoms with E-state index in [2.05, 4.69) is 58.8 Å². The summed E-state index contributed by atoms with van der Waals surface area (Å²) >= 11 is 0. The van der Waals surface area contributed by atoms with Crippen LogP contribution in [0.25, 0.3) is 0 Å². The van der Waals surface area contributed by atoms with Crippen molar-refractivity contribution < 1.29 is 4.74 Å². The number of rotatable bonds is 9. The molecule has 0 saturated heterocycles. The molecule has 0 aromatic heterocycles. The van der Waals surface area contributed by atoms with Crippen LogP contribution in [0.1, 0.15) is 27.2 Å². The second kappa shape index (κ2) is 12.4. The Balaban J connectivity index is 0.00000529. The smallest absolute Gasteiger partial charge is 0.191 e. The maximum atomic E-state index is 5.40. The molecule has 6 heteroatoms. The first kappa shape index (κ1) is 23.0. The van der Waals surface area contributed by atoms with E-state index in [0.29, 0.717) is 6.54 Å². The number of nitrogens with zero attached hydrogens (tertiary/aromatic N) is 2. The molecule has 5 nitrogen and oxygen atoms in total. The van der Waals surface area contributed by atoms with Crippen LogP contribution in [-0.4, -0.2) is 51.9 Å². The number of para-hydroxylation sites is 1. The molecule has 138 valence electrons. The highest BCUT2D eigenvalue weighted by atomic mass is 127. The fraction of sp³-hybridized carbons (Fsp3) is 0.611. The Morgan fingerprint density at radius 1 is 1.21 bits per heavy atom. The molecule has 0 atom stereocenters. The average Bonchev–Trinajstić information content (AvgIpc) is 2.57. The van der Waals surface area contributed by atoms with Crippen molar-refractivity contribution in [3.63, 3.8) is 0 Å². The van der Waals surface area contributed by atoms with Crippen molar-refractivity contribution in [1.82, 2.24) is 10.6 Å². The fourth-order valence-corrected chi connectivity index (χ4v) is 2.01. The van der Waals surface area contributed by atoms with Gasteiger partial charge in [0.1, 0.15) is 0 Å². The van der Waals surface area contributed by atoms with Crippen LogP contribution >= 0.6 is 24.0 Å². The molecular formula is C18H33IN4O. The highest BCUT2D eigenvalue weighted by Gasteiger charge is 2.15.